The van der Waals surface area contributed by atoms with Gasteiger partial charge in [-0.25, -0.2) is 0 Å². The largest absolute Gasteiger partial charge is 0.380 e. The Bertz CT molecular complexity index is 210. The molecule has 2 fully saturated rings. The number of rotatable bonds is 4. The second-order valence-electron chi connectivity index (χ2n) is 5.36. The van der Waals surface area contributed by atoms with Gasteiger partial charge in [-0.05, 0) is 31.7 Å². The highest BCUT2D eigenvalue weighted by Gasteiger charge is 2.26. The molecule has 0 saturated carbocycles. The number of likely N-dealkylation sites (tertiary alicyclic amines) is 1. The Morgan fingerprint density at radius 1 is 1.38 bits per heavy atom. The summed E-state index contributed by atoms with van der Waals surface area (Å²) in [6.45, 7) is 7.10. The zero-order valence-corrected chi connectivity index (χ0v) is 10.7. The minimum atomic E-state index is 0.477. The fourth-order valence-corrected chi connectivity index (χ4v) is 3.07. The molecule has 0 aromatic carbocycles. The van der Waals surface area contributed by atoms with E-state index in [1.54, 1.807) is 0 Å². The van der Waals surface area contributed by atoms with Crippen LogP contribution in [0.25, 0.3) is 0 Å². The lowest BCUT2D eigenvalue weighted by molar-refractivity contribution is 0.105. The molecule has 2 heterocycles. The molecule has 94 valence electrons. The average molecular weight is 226 g/mol. The molecule has 2 aliphatic heterocycles. The fraction of sp³-hybridized carbons (Fsp3) is 1.00. The number of piperidine rings is 1. The van der Waals surface area contributed by atoms with E-state index in [1.165, 1.54) is 45.3 Å². The second-order valence-corrected chi connectivity index (χ2v) is 5.36. The van der Waals surface area contributed by atoms with Crippen LogP contribution in [0.1, 0.15) is 32.6 Å². The number of ether oxygens (including phenoxy) is 1. The third-order valence-corrected chi connectivity index (χ3v) is 4.22. The van der Waals surface area contributed by atoms with Crippen LogP contribution in [0.15, 0.2) is 0 Å². The lowest BCUT2D eigenvalue weighted by Crippen LogP contribution is -2.45. The van der Waals surface area contributed by atoms with E-state index >= 15 is 0 Å². The maximum absolute atomic E-state index is 5.41. The first-order chi connectivity index (χ1) is 7.81. The molecule has 1 N–H and O–H groups in total. The number of hydrogen-bond donors (Lipinski definition) is 1. The van der Waals surface area contributed by atoms with Gasteiger partial charge in [0, 0.05) is 32.8 Å². The molecule has 0 aromatic heterocycles. The molecule has 2 saturated heterocycles. The van der Waals surface area contributed by atoms with Crippen LogP contribution in [-0.2, 0) is 4.74 Å². The third-order valence-electron chi connectivity index (χ3n) is 4.22. The molecule has 0 aliphatic carbocycles. The summed E-state index contributed by atoms with van der Waals surface area (Å²) in [4.78, 5) is 2.56. The molecule has 0 aromatic rings. The van der Waals surface area contributed by atoms with Crippen molar-refractivity contribution in [3.05, 3.63) is 0 Å². The minimum Gasteiger partial charge on any atom is -0.380 e. The molecular weight excluding hydrogens is 200 g/mol. The third kappa shape index (κ3) is 3.19. The van der Waals surface area contributed by atoms with Crippen LogP contribution >= 0.6 is 0 Å². The van der Waals surface area contributed by atoms with E-state index in [1.807, 2.05) is 7.11 Å². The van der Waals surface area contributed by atoms with Crippen LogP contribution in [0.5, 0.6) is 0 Å². The van der Waals surface area contributed by atoms with E-state index in [9.17, 15) is 0 Å². The molecule has 0 bridgehead atoms. The maximum atomic E-state index is 5.41. The maximum Gasteiger partial charge on any atom is 0.0710 e. The highest BCUT2D eigenvalue weighted by Crippen LogP contribution is 2.21. The summed E-state index contributed by atoms with van der Waals surface area (Å²) in [6.07, 6.45) is 5.77. The smallest absolute Gasteiger partial charge is 0.0710 e. The molecule has 3 unspecified atom stereocenters. The van der Waals surface area contributed by atoms with Gasteiger partial charge in [0.1, 0.15) is 0 Å². The Balaban J connectivity index is 1.73. The molecule has 3 heteroatoms. The van der Waals surface area contributed by atoms with Gasteiger partial charge in [-0.1, -0.05) is 13.3 Å². The summed E-state index contributed by atoms with van der Waals surface area (Å²) in [7, 11) is 1.83. The number of methoxy groups -OCH3 is 1. The Morgan fingerprint density at radius 2 is 2.25 bits per heavy atom. The van der Waals surface area contributed by atoms with E-state index < -0.39 is 0 Å². The monoisotopic (exact) mass is 226 g/mol. The molecular formula is C13H26N2O. The summed E-state index contributed by atoms with van der Waals surface area (Å²) >= 11 is 0. The molecule has 2 rings (SSSR count). The highest BCUT2D eigenvalue weighted by atomic mass is 16.5. The number of nitrogens with zero attached hydrogens (tertiary/aromatic N) is 1. The van der Waals surface area contributed by atoms with E-state index in [2.05, 4.69) is 17.1 Å². The van der Waals surface area contributed by atoms with Gasteiger partial charge in [-0.15, -0.1) is 0 Å². The van der Waals surface area contributed by atoms with Crippen molar-refractivity contribution in [1.29, 1.82) is 0 Å². The first-order valence-electron chi connectivity index (χ1n) is 6.80. The standard InChI is InChI=1S/C13H26N2O/c1-3-11-4-6-14-12(8-11)9-15-7-5-13(10-15)16-2/h11-14H,3-10H2,1-2H3. The van der Waals surface area contributed by atoms with E-state index in [0.29, 0.717) is 12.1 Å². The van der Waals surface area contributed by atoms with Crippen molar-refractivity contribution < 1.29 is 4.74 Å². The van der Waals surface area contributed by atoms with Gasteiger partial charge in [0.2, 0.25) is 0 Å². The molecule has 16 heavy (non-hydrogen) atoms. The van der Waals surface area contributed by atoms with Crippen molar-refractivity contribution in [3.63, 3.8) is 0 Å². The van der Waals surface area contributed by atoms with Crippen LogP contribution < -0.4 is 5.32 Å². The topological polar surface area (TPSA) is 24.5 Å². The van der Waals surface area contributed by atoms with Crippen molar-refractivity contribution in [3.8, 4) is 0 Å². The molecule has 0 spiro atoms. The summed E-state index contributed by atoms with van der Waals surface area (Å²) < 4.78 is 5.41. The zero-order chi connectivity index (χ0) is 11.4. The van der Waals surface area contributed by atoms with Crippen LogP contribution in [0.2, 0.25) is 0 Å². The van der Waals surface area contributed by atoms with Crippen LogP contribution in [0.3, 0.4) is 0 Å². The average Bonchev–Trinajstić information content (AvgIpc) is 2.77. The SMILES string of the molecule is CCC1CCNC(CN2CCC(OC)C2)C1. The quantitative estimate of drug-likeness (QED) is 0.786. The molecule has 0 radical (unpaired) electrons. The van der Waals surface area contributed by atoms with E-state index in [-0.39, 0.29) is 0 Å². The molecule has 3 nitrogen and oxygen atoms in total. The predicted octanol–water partition coefficient (Wildman–Crippen LogP) is 1.49. The predicted molar refractivity (Wildman–Crippen MR) is 66.7 cm³/mol. The fourth-order valence-electron chi connectivity index (χ4n) is 3.07. The minimum absolute atomic E-state index is 0.477. The number of hydrogen-bond acceptors (Lipinski definition) is 3. The van der Waals surface area contributed by atoms with Gasteiger partial charge in [0.15, 0.2) is 0 Å². The summed E-state index contributed by atoms with van der Waals surface area (Å²) in [5.74, 6) is 0.951. The highest BCUT2D eigenvalue weighted by molar-refractivity contribution is 4.84. The van der Waals surface area contributed by atoms with Crippen molar-refractivity contribution in [2.75, 3.05) is 33.3 Å². The van der Waals surface area contributed by atoms with Gasteiger partial charge in [-0.2, -0.15) is 0 Å². The van der Waals surface area contributed by atoms with Crippen LogP contribution in [0, 0.1) is 5.92 Å². The summed E-state index contributed by atoms with van der Waals surface area (Å²) in [6, 6.07) is 0.717. The first-order valence-corrected chi connectivity index (χ1v) is 6.80. The Hall–Kier alpha value is -0.120. The van der Waals surface area contributed by atoms with Gasteiger partial charge in [0.05, 0.1) is 6.10 Å². The Labute approximate surface area is 99.5 Å². The Kier molecular flexibility index (Phi) is 4.62. The Morgan fingerprint density at radius 3 is 2.94 bits per heavy atom. The van der Waals surface area contributed by atoms with E-state index in [4.69, 9.17) is 4.74 Å². The lowest BCUT2D eigenvalue weighted by atomic mass is 9.90. The van der Waals surface area contributed by atoms with Crippen molar-refractivity contribution >= 4 is 0 Å². The summed E-state index contributed by atoms with van der Waals surface area (Å²) in [5.41, 5.74) is 0. The number of nitrogens with one attached hydrogen (secondary N) is 1. The molecule has 0 amide bonds. The van der Waals surface area contributed by atoms with Gasteiger partial charge in [-0.3, -0.25) is 4.90 Å². The summed E-state index contributed by atoms with van der Waals surface area (Å²) in [5, 5.41) is 3.66. The molecule has 2 aliphatic rings. The first kappa shape index (κ1) is 12.3. The zero-order valence-electron chi connectivity index (χ0n) is 10.7. The van der Waals surface area contributed by atoms with Gasteiger partial charge in [0.25, 0.3) is 0 Å². The lowest BCUT2D eigenvalue weighted by Gasteiger charge is -2.32. The van der Waals surface area contributed by atoms with E-state index in [0.717, 1.165) is 12.5 Å². The van der Waals surface area contributed by atoms with Crippen LogP contribution in [0.4, 0.5) is 0 Å². The van der Waals surface area contributed by atoms with Crippen molar-refractivity contribution in [2.24, 2.45) is 5.92 Å². The van der Waals surface area contributed by atoms with Crippen molar-refractivity contribution in [2.45, 2.75) is 44.8 Å². The normalized spacial score (nSPS) is 36.8. The van der Waals surface area contributed by atoms with Gasteiger partial charge < -0.3 is 10.1 Å². The second kappa shape index (κ2) is 5.99. The van der Waals surface area contributed by atoms with Gasteiger partial charge >= 0.3 is 0 Å². The molecule has 3 atom stereocenters. The van der Waals surface area contributed by atoms with Crippen molar-refractivity contribution in [1.82, 2.24) is 10.2 Å². The van der Waals surface area contributed by atoms with Crippen LogP contribution in [-0.4, -0.2) is 50.3 Å².